The molecule has 53 heavy (non-hydrogen) atoms. The SMILES string of the molecule is CC(C)(C)c1cc(NC(=O)N[C@H]2CC[C@@H](Oc3ccc4nnc(C(C)(C)C)n4c3)c3ccccc32)nc(C(=O)NCCN2CCCOCC2)c1.O=CO. The molecule has 1 fully saturated rings. The Labute approximate surface area is 310 Å². The fraction of sp³-hybridized carbons (Fsp3) is 0.487. The highest BCUT2D eigenvalue weighted by molar-refractivity contribution is 5.94. The first-order valence-corrected chi connectivity index (χ1v) is 18.1. The van der Waals surface area contributed by atoms with Crippen LogP contribution < -0.4 is 20.7 Å². The number of hydrogen-bond acceptors (Lipinski definition) is 9. The van der Waals surface area contributed by atoms with Gasteiger partial charge in [-0.1, -0.05) is 65.8 Å². The second-order valence-electron chi connectivity index (χ2n) is 15.4. The summed E-state index contributed by atoms with van der Waals surface area (Å²) in [5.74, 6) is 1.66. The summed E-state index contributed by atoms with van der Waals surface area (Å²) in [4.78, 5) is 41.9. The Balaban J connectivity index is 0.00000175. The van der Waals surface area contributed by atoms with Gasteiger partial charge < -0.3 is 25.2 Å². The number of rotatable bonds is 8. The molecular formula is C39H52N8O6. The molecule has 1 aliphatic carbocycles. The number of urea groups is 1. The van der Waals surface area contributed by atoms with Gasteiger partial charge >= 0.3 is 6.03 Å². The fourth-order valence-corrected chi connectivity index (χ4v) is 6.53. The first kappa shape index (κ1) is 39.1. The number of nitrogens with zero attached hydrogens (tertiary/aromatic N) is 5. The number of amides is 3. The van der Waals surface area contributed by atoms with Gasteiger partial charge in [0.1, 0.15) is 29.2 Å². The van der Waals surface area contributed by atoms with Gasteiger partial charge in [-0.05, 0) is 65.6 Å². The van der Waals surface area contributed by atoms with E-state index in [1.165, 1.54) is 0 Å². The Morgan fingerprint density at radius 1 is 0.981 bits per heavy atom. The van der Waals surface area contributed by atoms with Crippen molar-refractivity contribution in [3.05, 3.63) is 82.9 Å². The van der Waals surface area contributed by atoms with Crippen molar-refractivity contribution in [1.29, 1.82) is 0 Å². The van der Waals surface area contributed by atoms with Crippen LogP contribution in [0.25, 0.3) is 5.65 Å². The number of pyridine rings is 2. The Bertz CT molecular complexity index is 1870. The van der Waals surface area contributed by atoms with Crippen LogP contribution in [-0.2, 0) is 20.4 Å². The van der Waals surface area contributed by atoms with Crippen molar-refractivity contribution in [2.45, 2.75) is 83.8 Å². The van der Waals surface area contributed by atoms with Crippen molar-refractivity contribution >= 4 is 29.9 Å². The molecule has 0 spiro atoms. The van der Waals surface area contributed by atoms with E-state index in [0.29, 0.717) is 31.8 Å². The maximum absolute atomic E-state index is 13.5. The summed E-state index contributed by atoms with van der Waals surface area (Å²) in [6.07, 6.45) is 4.15. The third-order valence-electron chi connectivity index (χ3n) is 9.26. The lowest BCUT2D eigenvalue weighted by Crippen LogP contribution is -2.37. The van der Waals surface area contributed by atoms with Gasteiger partial charge in [0.2, 0.25) is 0 Å². The van der Waals surface area contributed by atoms with Gasteiger partial charge in [0.05, 0.1) is 18.8 Å². The number of carbonyl (C=O) groups excluding carboxylic acids is 2. The summed E-state index contributed by atoms with van der Waals surface area (Å²) >= 11 is 0. The third-order valence-corrected chi connectivity index (χ3v) is 9.26. The molecule has 1 saturated heterocycles. The lowest BCUT2D eigenvalue weighted by Gasteiger charge is -2.32. The minimum Gasteiger partial charge on any atom is -0.484 e. The van der Waals surface area contributed by atoms with Crippen LogP contribution in [0.15, 0.2) is 54.7 Å². The van der Waals surface area contributed by atoms with E-state index in [2.05, 4.69) is 83.6 Å². The van der Waals surface area contributed by atoms with Gasteiger partial charge in [0.15, 0.2) is 5.65 Å². The Morgan fingerprint density at radius 3 is 2.47 bits per heavy atom. The van der Waals surface area contributed by atoms with E-state index in [9.17, 15) is 9.59 Å². The second kappa shape index (κ2) is 17.2. The lowest BCUT2D eigenvalue weighted by molar-refractivity contribution is -0.122. The number of benzene rings is 1. The standard InChI is InChI=1S/C38H50N8O4.CH2O2/c1-37(2,3)25-22-30(34(47)39-16-18-45-17-9-20-49-21-19-45)40-32(23-25)42-36(48)41-29-13-14-31(28-11-8-7-10-27(28)29)50-26-12-15-33-43-44-35(38(4,5)6)46(33)24-26;2-1-3/h7-8,10-12,15,22-24,29,31H,9,13-14,16-21H2,1-6H3,(H,39,47)(H2,40,41,42,48);1H,(H,2,3)/t29-,31+;/m0./s1. The maximum Gasteiger partial charge on any atom is 0.320 e. The number of fused-ring (bicyclic) bond motifs is 2. The molecule has 1 aromatic carbocycles. The molecule has 6 rings (SSSR count). The topological polar surface area (TPSA) is 172 Å². The number of ether oxygens (including phenoxy) is 2. The van der Waals surface area contributed by atoms with Crippen molar-refractivity contribution in [2.24, 2.45) is 0 Å². The van der Waals surface area contributed by atoms with Gasteiger partial charge in [-0.3, -0.25) is 24.2 Å². The lowest BCUT2D eigenvalue weighted by atomic mass is 9.85. The van der Waals surface area contributed by atoms with E-state index in [0.717, 1.165) is 66.6 Å². The van der Waals surface area contributed by atoms with Crippen LogP contribution in [-0.4, -0.2) is 87.4 Å². The van der Waals surface area contributed by atoms with E-state index in [-0.39, 0.29) is 47.1 Å². The average molecular weight is 729 g/mol. The smallest absolute Gasteiger partial charge is 0.320 e. The fourth-order valence-electron chi connectivity index (χ4n) is 6.53. The summed E-state index contributed by atoms with van der Waals surface area (Å²) in [6, 6.07) is 15.0. The first-order valence-electron chi connectivity index (χ1n) is 18.1. The van der Waals surface area contributed by atoms with Crippen LogP contribution in [0.1, 0.15) is 106 Å². The molecule has 4 N–H and O–H groups in total. The number of carboxylic acid groups (broad SMARTS) is 1. The number of carbonyl (C=O) groups is 3. The molecule has 2 aliphatic rings. The molecule has 14 heteroatoms. The van der Waals surface area contributed by atoms with Gasteiger partial charge in [0, 0.05) is 38.2 Å². The van der Waals surface area contributed by atoms with Crippen LogP contribution in [0.4, 0.5) is 10.6 Å². The monoisotopic (exact) mass is 728 g/mol. The zero-order valence-electron chi connectivity index (χ0n) is 31.5. The van der Waals surface area contributed by atoms with Crippen LogP contribution >= 0.6 is 0 Å². The van der Waals surface area contributed by atoms with Gasteiger partial charge in [0.25, 0.3) is 12.4 Å². The van der Waals surface area contributed by atoms with E-state index in [1.54, 1.807) is 6.07 Å². The highest BCUT2D eigenvalue weighted by Crippen LogP contribution is 2.39. The molecule has 0 radical (unpaired) electrons. The molecule has 0 saturated carbocycles. The van der Waals surface area contributed by atoms with E-state index >= 15 is 0 Å². The highest BCUT2D eigenvalue weighted by Gasteiger charge is 2.30. The molecule has 284 valence electrons. The molecule has 14 nitrogen and oxygen atoms in total. The maximum atomic E-state index is 13.5. The Morgan fingerprint density at radius 2 is 1.74 bits per heavy atom. The number of anilines is 1. The van der Waals surface area contributed by atoms with Crippen LogP contribution in [0.2, 0.25) is 0 Å². The van der Waals surface area contributed by atoms with Crippen LogP contribution in [0.5, 0.6) is 5.75 Å². The zero-order chi connectivity index (χ0) is 38.2. The first-order chi connectivity index (χ1) is 25.3. The van der Waals surface area contributed by atoms with E-state index in [4.69, 9.17) is 19.4 Å². The Hall–Kier alpha value is -5.08. The second-order valence-corrected chi connectivity index (χ2v) is 15.4. The summed E-state index contributed by atoms with van der Waals surface area (Å²) in [5.41, 5.74) is 3.55. The van der Waals surface area contributed by atoms with Crippen molar-refractivity contribution in [3.63, 3.8) is 0 Å². The average Bonchev–Trinajstić information content (AvgIpc) is 3.37. The van der Waals surface area contributed by atoms with Gasteiger partial charge in [-0.15, -0.1) is 10.2 Å². The van der Waals surface area contributed by atoms with Gasteiger partial charge in [-0.25, -0.2) is 9.78 Å². The summed E-state index contributed by atoms with van der Waals surface area (Å²) in [6.45, 7) is 16.8. The van der Waals surface area contributed by atoms with Crippen LogP contribution in [0, 0.1) is 0 Å². The molecular weight excluding hydrogens is 676 g/mol. The molecule has 2 atom stereocenters. The van der Waals surface area contributed by atoms with Crippen molar-refractivity contribution in [1.82, 2.24) is 35.1 Å². The predicted molar refractivity (Wildman–Crippen MR) is 201 cm³/mol. The highest BCUT2D eigenvalue weighted by atomic mass is 16.5. The van der Waals surface area contributed by atoms with Crippen molar-refractivity contribution in [3.8, 4) is 5.75 Å². The predicted octanol–water partition coefficient (Wildman–Crippen LogP) is 5.65. The molecule has 3 aromatic heterocycles. The Kier molecular flexibility index (Phi) is 12.7. The molecule has 3 amide bonds. The van der Waals surface area contributed by atoms with Crippen molar-refractivity contribution in [2.75, 3.05) is 44.7 Å². The molecule has 4 aromatic rings. The van der Waals surface area contributed by atoms with Crippen LogP contribution in [0.3, 0.4) is 0 Å². The molecule has 1 aliphatic heterocycles. The number of aromatic nitrogens is 4. The molecule has 0 bridgehead atoms. The largest absolute Gasteiger partial charge is 0.484 e. The number of hydrogen-bond donors (Lipinski definition) is 4. The minimum atomic E-state index is -0.384. The zero-order valence-corrected chi connectivity index (χ0v) is 31.5. The quantitative estimate of drug-likeness (QED) is 0.166. The molecule has 0 unspecified atom stereocenters. The number of nitrogens with one attached hydrogen (secondary N) is 3. The van der Waals surface area contributed by atoms with E-state index in [1.807, 2.05) is 47.0 Å². The third kappa shape index (κ3) is 10.3. The van der Waals surface area contributed by atoms with E-state index < -0.39 is 0 Å². The molecule has 4 heterocycles. The van der Waals surface area contributed by atoms with Gasteiger partial charge in [-0.2, -0.15) is 0 Å². The normalized spacial score (nSPS) is 17.8. The van der Waals surface area contributed by atoms with Crippen molar-refractivity contribution < 1.29 is 29.0 Å². The summed E-state index contributed by atoms with van der Waals surface area (Å²) in [7, 11) is 0. The minimum absolute atomic E-state index is 0.171. The summed E-state index contributed by atoms with van der Waals surface area (Å²) in [5, 5.41) is 24.7. The summed E-state index contributed by atoms with van der Waals surface area (Å²) < 4.78 is 14.1.